The van der Waals surface area contributed by atoms with Crippen LogP contribution in [0.4, 0.5) is 4.39 Å². The first-order valence-corrected chi connectivity index (χ1v) is 5.16. The van der Waals surface area contributed by atoms with Crippen LogP contribution in [0.5, 0.6) is 5.75 Å². The van der Waals surface area contributed by atoms with Crippen molar-refractivity contribution in [3.63, 3.8) is 0 Å². The minimum atomic E-state index is -0.635. The first kappa shape index (κ1) is 10.7. The smallest absolute Gasteiger partial charge is 0.173 e. The molecule has 0 aromatic heterocycles. The Labute approximate surface area is 92.6 Å². The van der Waals surface area contributed by atoms with Crippen molar-refractivity contribution in [1.82, 2.24) is 0 Å². The summed E-state index contributed by atoms with van der Waals surface area (Å²) in [6, 6.07) is 3.00. The standard InChI is InChI=1S/C11H12ClFO2/c1-15-10-8(12)4-7(5-9(10)13)6-11(14)2-3-11/h4-5,14H,2-3,6H2,1H3. The Bertz CT molecular complexity index is 365. The highest BCUT2D eigenvalue weighted by molar-refractivity contribution is 6.32. The van der Waals surface area contributed by atoms with E-state index in [0.29, 0.717) is 12.0 Å². The van der Waals surface area contributed by atoms with Crippen molar-refractivity contribution in [3.05, 3.63) is 28.5 Å². The summed E-state index contributed by atoms with van der Waals surface area (Å²) in [5.41, 5.74) is 0.0722. The molecule has 2 rings (SSSR count). The third-order valence-corrected chi connectivity index (χ3v) is 2.90. The quantitative estimate of drug-likeness (QED) is 0.865. The van der Waals surface area contributed by atoms with Crippen molar-refractivity contribution in [3.8, 4) is 5.75 Å². The molecule has 15 heavy (non-hydrogen) atoms. The Morgan fingerprint density at radius 2 is 2.20 bits per heavy atom. The van der Waals surface area contributed by atoms with Gasteiger partial charge >= 0.3 is 0 Å². The molecular formula is C11H12ClFO2. The lowest BCUT2D eigenvalue weighted by Crippen LogP contribution is -2.11. The van der Waals surface area contributed by atoms with Crippen LogP contribution >= 0.6 is 11.6 Å². The Hall–Kier alpha value is -0.800. The summed E-state index contributed by atoms with van der Waals surface area (Å²) < 4.78 is 18.2. The maximum atomic E-state index is 13.4. The number of aliphatic hydroxyl groups is 1. The molecule has 0 spiro atoms. The average Bonchev–Trinajstić information content (AvgIpc) is 2.82. The number of benzene rings is 1. The lowest BCUT2D eigenvalue weighted by molar-refractivity contribution is 0.151. The molecule has 1 aliphatic rings. The van der Waals surface area contributed by atoms with E-state index in [4.69, 9.17) is 16.3 Å². The molecule has 1 saturated carbocycles. The molecule has 82 valence electrons. The van der Waals surface area contributed by atoms with Crippen LogP contribution in [0, 0.1) is 5.82 Å². The summed E-state index contributed by atoms with van der Waals surface area (Å²) in [6.07, 6.45) is 2.00. The molecule has 0 bridgehead atoms. The molecule has 1 fully saturated rings. The monoisotopic (exact) mass is 230 g/mol. The van der Waals surface area contributed by atoms with E-state index in [1.165, 1.54) is 13.2 Å². The first-order valence-electron chi connectivity index (χ1n) is 4.78. The van der Waals surface area contributed by atoms with Crippen LogP contribution in [0.3, 0.4) is 0 Å². The Balaban J connectivity index is 2.26. The van der Waals surface area contributed by atoms with E-state index in [9.17, 15) is 9.50 Å². The Morgan fingerprint density at radius 1 is 1.53 bits per heavy atom. The van der Waals surface area contributed by atoms with Gasteiger partial charge in [-0.1, -0.05) is 11.6 Å². The lowest BCUT2D eigenvalue weighted by atomic mass is 10.1. The highest BCUT2D eigenvalue weighted by Gasteiger charge is 2.40. The predicted octanol–water partition coefficient (Wildman–Crippen LogP) is 2.56. The van der Waals surface area contributed by atoms with Crippen LogP contribution < -0.4 is 4.74 Å². The van der Waals surface area contributed by atoms with Crippen molar-refractivity contribution in [1.29, 1.82) is 0 Å². The maximum Gasteiger partial charge on any atom is 0.173 e. The minimum Gasteiger partial charge on any atom is -0.492 e. The number of rotatable bonds is 3. The molecule has 2 nitrogen and oxygen atoms in total. The Kier molecular flexibility index (Phi) is 2.61. The van der Waals surface area contributed by atoms with Crippen LogP contribution in [0.15, 0.2) is 12.1 Å². The van der Waals surface area contributed by atoms with Crippen molar-refractivity contribution < 1.29 is 14.2 Å². The molecule has 0 radical (unpaired) electrons. The first-order chi connectivity index (χ1) is 7.04. The molecule has 0 saturated heterocycles. The molecular weight excluding hydrogens is 219 g/mol. The van der Waals surface area contributed by atoms with Crippen molar-refractivity contribution in [2.75, 3.05) is 7.11 Å². The zero-order valence-electron chi connectivity index (χ0n) is 8.39. The number of hydrogen-bond donors (Lipinski definition) is 1. The third-order valence-electron chi connectivity index (χ3n) is 2.62. The van der Waals surface area contributed by atoms with Crippen LogP contribution in [-0.4, -0.2) is 17.8 Å². The second-order valence-electron chi connectivity index (χ2n) is 3.99. The summed E-state index contributed by atoms with van der Waals surface area (Å²) in [5, 5.41) is 9.94. The average molecular weight is 231 g/mol. The van der Waals surface area contributed by atoms with Crippen molar-refractivity contribution in [2.24, 2.45) is 0 Å². The van der Waals surface area contributed by atoms with E-state index in [1.807, 2.05) is 0 Å². The van der Waals surface area contributed by atoms with E-state index in [-0.39, 0.29) is 10.8 Å². The van der Waals surface area contributed by atoms with Gasteiger partial charge in [0.25, 0.3) is 0 Å². The number of ether oxygens (including phenoxy) is 1. The molecule has 0 unspecified atom stereocenters. The Morgan fingerprint density at radius 3 is 2.67 bits per heavy atom. The summed E-state index contributed by atoms with van der Waals surface area (Å²) in [5.74, 6) is -0.424. The molecule has 1 aliphatic carbocycles. The predicted molar refractivity (Wildman–Crippen MR) is 55.8 cm³/mol. The molecule has 0 heterocycles. The van der Waals surface area contributed by atoms with Gasteiger partial charge in [0, 0.05) is 6.42 Å². The van der Waals surface area contributed by atoms with Gasteiger partial charge in [-0.25, -0.2) is 4.39 Å². The molecule has 1 N–H and O–H groups in total. The fraction of sp³-hybridized carbons (Fsp3) is 0.455. The van der Waals surface area contributed by atoms with Crippen molar-refractivity contribution >= 4 is 11.6 Å². The summed E-state index contributed by atoms with van der Waals surface area (Å²) in [4.78, 5) is 0. The molecule has 4 heteroatoms. The topological polar surface area (TPSA) is 29.5 Å². The zero-order valence-corrected chi connectivity index (χ0v) is 9.14. The SMILES string of the molecule is COc1c(F)cc(CC2(O)CC2)cc1Cl. The van der Waals surface area contributed by atoms with Gasteiger partial charge in [0.15, 0.2) is 11.6 Å². The molecule has 1 aromatic carbocycles. The van der Waals surface area contributed by atoms with Crippen molar-refractivity contribution in [2.45, 2.75) is 24.9 Å². The van der Waals surface area contributed by atoms with Crippen LogP contribution in [-0.2, 0) is 6.42 Å². The number of halogens is 2. The van der Waals surface area contributed by atoms with Crippen LogP contribution in [0.1, 0.15) is 18.4 Å². The van der Waals surface area contributed by atoms with E-state index in [2.05, 4.69) is 0 Å². The third kappa shape index (κ3) is 2.24. The summed E-state index contributed by atoms with van der Waals surface area (Å²) >= 11 is 5.84. The highest BCUT2D eigenvalue weighted by atomic mass is 35.5. The van der Waals surface area contributed by atoms with Gasteiger partial charge in [-0.2, -0.15) is 0 Å². The summed E-state index contributed by atoms with van der Waals surface area (Å²) in [6.45, 7) is 0. The largest absolute Gasteiger partial charge is 0.492 e. The lowest BCUT2D eigenvalue weighted by Gasteiger charge is -2.10. The number of hydrogen-bond acceptors (Lipinski definition) is 2. The second kappa shape index (κ2) is 3.65. The van der Waals surface area contributed by atoms with Gasteiger partial charge < -0.3 is 9.84 Å². The van der Waals surface area contributed by atoms with E-state index < -0.39 is 11.4 Å². The van der Waals surface area contributed by atoms with Gasteiger partial charge in [-0.05, 0) is 30.5 Å². The van der Waals surface area contributed by atoms with Gasteiger partial charge in [0.2, 0.25) is 0 Å². The summed E-state index contributed by atoms with van der Waals surface area (Å²) in [7, 11) is 1.37. The van der Waals surface area contributed by atoms with E-state index in [0.717, 1.165) is 12.8 Å². The van der Waals surface area contributed by atoms with Crippen LogP contribution in [0.2, 0.25) is 5.02 Å². The maximum absolute atomic E-state index is 13.4. The molecule has 1 aromatic rings. The molecule has 0 aliphatic heterocycles. The minimum absolute atomic E-state index is 0.0585. The molecule has 0 amide bonds. The van der Waals surface area contributed by atoms with Gasteiger partial charge in [-0.3, -0.25) is 0 Å². The van der Waals surface area contributed by atoms with E-state index in [1.54, 1.807) is 6.07 Å². The molecule has 0 atom stereocenters. The normalized spacial score (nSPS) is 17.6. The van der Waals surface area contributed by atoms with Gasteiger partial charge in [0.05, 0.1) is 17.7 Å². The zero-order chi connectivity index (χ0) is 11.1. The fourth-order valence-electron chi connectivity index (χ4n) is 1.61. The fourth-order valence-corrected chi connectivity index (χ4v) is 1.92. The second-order valence-corrected chi connectivity index (χ2v) is 4.40. The van der Waals surface area contributed by atoms with Gasteiger partial charge in [0.1, 0.15) is 0 Å². The highest BCUT2D eigenvalue weighted by Crippen LogP contribution is 2.39. The number of methoxy groups -OCH3 is 1. The van der Waals surface area contributed by atoms with E-state index >= 15 is 0 Å². The van der Waals surface area contributed by atoms with Crippen LogP contribution in [0.25, 0.3) is 0 Å². The van der Waals surface area contributed by atoms with Gasteiger partial charge in [-0.15, -0.1) is 0 Å².